The highest BCUT2D eigenvalue weighted by molar-refractivity contribution is 6.30. The zero-order chi connectivity index (χ0) is 20.4. The molecule has 0 amide bonds. The van der Waals surface area contributed by atoms with Crippen LogP contribution in [0.2, 0.25) is 5.02 Å². The zero-order valence-electron chi connectivity index (χ0n) is 16.6. The molecule has 0 aliphatic rings. The van der Waals surface area contributed by atoms with Crippen LogP contribution in [0.25, 0.3) is 11.2 Å². The van der Waals surface area contributed by atoms with Gasteiger partial charge in [-0.1, -0.05) is 48.0 Å². The van der Waals surface area contributed by atoms with Crippen molar-refractivity contribution in [2.75, 3.05) is 10.6 Å². The number of nitrogens with zero attached hydrogens (tertiary/aromatic N) is 4. The van der Waals surface area contributed by atoms with Crippen molar-refractivity contribution < 1.29 is 0 Å². The molecular weight excluding hydrogens is 384 g/mol. The molecule has 1 atom stereocenters. The summed E-state index contributed by atoms with van der Waals surface area (Å²) in [5, 5.41) is 7.41. The summed E-state index contributed by atoms with van der Waals surface area (Å²) in [6.07, 6.45) is 1.80. The SMILES string of the molecule is CC(C)n1cnc2c(Nc3cccc(Cl)c3)nc(N[C@H](C)c3ccccc3)nc21. The van der Waals surface area contributed by atoms with Gasteiger partial charge in [0, 0.05) is 16.8 Å². The minimum absolute atomic E-state index is 0.0584. The van der Waals surface area contributed by atoms with Crippen LogP contribution in [0.1, 0.15) is 38.4 Å². The standard InChI is InChI=1S/C22H23ClN6/c1-14(2)29-13-24-19-20(26-18-11-7-10-17(23)12-18)27-22(28-21(19)29)25-15(3)16-8-5-4-6-9-16/h4-15H,1-3H3,(H2,25,26,27,28)/t15-/m1/s1. The van der Waals surface area contributed by atoms with Crippen LogP contribution in [-0.2, 0) is 0 Å². The predicted molar refractivity (Wildman–Crippen MR) is 119 cm³/mol. The Morgan fingerprint density at radius 3 is 2.48 bits per heavy atom. The molecular formula is C22H23ClN6. The van der Waals surface area contributed by atoms with Crippen molar-refractivity contribution in [2.45, 2.75) is 32.9 Å². The Bertz CT molecular complexity index is 1120. The lowest BCUT2D eigenvalue weighted by molar-refractivity contribution is 0.612. The van der Waals surface area contributed by atoms with Crippen LogP contribution in [0.15, 0.2) is 60.9 Å². The second kappa shape index (κ2) is 8.09. The summed E-state index contributed by atoms with van der Waals surface area (Å²) in [5.74, 6) is 1.18. The maximum Gasteiger partial charge on any atom is 0.227 e. The van der Waals surface area contributed by atoms with E-state index in [1.807, 2.05) is 47.0 Å². The molecule has 2 aromatic heterocycles. The fraction of sp³-hybridized carbons (Fsp3) is 0.227. The molecule has 0 bridgehead atoms. The summed E-state index contributed by atoms with van der Waals surface area (Å²) in [7, 11) is 0. The van der Waals surface area contributed by atoms with E-state index < -0.39 is 0 Å². The van der Waals surface area contributed by atoms with E-state index in [4.69, 9.17) is 21.6 Å². The number of nitrogens with one attached hydrogen (secondary N) is 2. The van der Waals surface area contributed by atoms with E-state index in [-0.39, 0.29) is 12.1 Å². The minimum atomic E-state index is 0.0584. The lowest BCUT2D eigenvalue weighted by Gasteiger charge is -2.16. The van der Waals surface area contributed by atoms with Crippen molar-refractivity contribution in [3.05, 3.63) is 71.5 Å². The summed E-state index contributed by atoms with van der Waals surface area (Å²) < 4.78 is 2.04. The normalized spacial score (nSPS) is 12.3. The Morgan fingerprint density at radius 2 is 1.76 bits per heavy atom. The van der Waals surface area contributed by atoms with Crippen LogP contribution in [-0.4, -0.2) is 19.5 Å². The molecule has 0 aliphatic heterocycles. The van der Waals surface area contributed by atoms with Crippen LogP contribution in [0.5, 0.6) is 0 Å². The van der Waals surface area contributed by atoms with E-state index in [2.05, 4.69) is 48.5 Å². The maximum atomic E-state index is 6.14. The molecule has 0 unspecified atom stereocenters. The number of benzene rings is 2. The molecule has 0 fully saturated rings. The zero-order valence-corrected chi connectivity index (χ0v) is 17.4. The number of hydrogen-bond acceptors (Lipinski definition) is 5. The molecule has 2 heterocycles. The topological polar surface area (TPSA) is 67.7 Å². The first kappa shape index (κ1) is 19.2. The van der Waals surface area contributed by atoms with Gasteiger partial charge < -0.3 is 15.2 Å². The summed E-state index contributed by atoms with van der Waals surface area (Å²) in [4.78, 5) is 14.0. The third-order valence-electron chi connectivity index (χ3n) is 4.71. The van der Waals surface area contributed by atoms with Crippen molar-refractivity contribution in [1.29, 1.82) is 0 Å². The Hall–Kier alpha value is -3.12. The number of imidazole rings is 1. The highest BCUT2D eigenvalue weighted by Crippen LogP contribution is 2.28. The van der Waals surface area contributed by atoms with Gasteiger partial charge >= 0.3 is 0 Å². The summed E-state index contributed by atoms with van der Waals surface area (Å²) in [5.41, 5.74) is 3.51. The van der Waals surface area contributed by atoms with Crippen molar-refractivity contribution >= 4 is 40.2 Å². The Balaban J connectivity index is 1.75. The van der Waals surface area contributed by atoms with E-state index in [1.165, 1.54) is 0 Å². The monoisotopic (exact) mass is 406 g/mol. The first-order valence-corrected chi connectivity index (χ1v) is 9.97. The molecule has 6 nitrogen and oxygen atoms in total. The minimum Gasteiger partial charge on any atom is -0.348 e. The van der Waals surface area contributed by atoms with Gasteiger partial charge in [0.05, 0.1) is 12.4 Å². The number of hydrogen-bond donors (Lipinski definition) is 2. The van der Waals surface area contributed by atoms with E-state index >= 15 is 0 Å². The predicted octanol–water partition coefficient (Wildman–Crippen LogP) is 5.98. The van der Waals surface area contributed by atoms with Gasteiger partial charge in [0.2, 0.25) is 5.95 Å². The largest absolute Gasteiger partial charge is 0.348 e. The Morgan fingerprint density at radius 1 is 0.966 bits per heavy atom. The molecule has 0 aliphatic carbocycles. The second-order valence-electron chi connectivity index (χ2n) is 7.23. The average molecular weight is 407 g/mol. The van der Waals surface area contributed by atoms with Gasteiger partial charge in [-0.05, 0) is 44.5 Å². The van der Waals surface area contributed by atoms with Gasteiger partial charge in [0.25, 0.3) is 0 Å². The molecule has 2 aromatic carbocycles. The van der Waals surface area contributed by atoms with Crippen LogP contribution in [0, 0.1) is 0 Å². The number of halogens is 1. The number of fused-ring (bicyclic) bond motifs is 1. The van der Waals surface area contributed by atoms with Crippen molar-refractivity contribution in [1.82, 2.24) is 19.5 Å². The molecule has 148 valence electrons. The lowest BCUT2D eigenvalue weighted by atomic mass is 10.1. The molecule has 29 heavy (non-hydrogen) atoms. The first-order chi connectivity index (χ1) is 14.0. The van der Waals surface area contributed by atoms with Gasteiger partial charge in [-0.3, -0.25) is 0 Å². The van der Waals surface area contributed by atoms with Crippen LogP contribution >= 0.6 is 11.6 Å². The fourth-order valence-corrected chi connectivity index (χ4v) is 3.36. The lowest BCUT2D eigenvalue weighted by Crippen LogP contribution is -2.11. The molecule has 4 aromatic rings. The van der Waals surface area contributed by atoms with Gasteiger partial charge in [-0.25, -0.2) is 4.98 Å². The third-order valence-corrected chi connectivity index (χ3v) is 4.95. The molecule has 0 radical (unpaired) electrons. The summed E-state index contributed by atoms with van der Waals surface area (Å²) in [6, 6.07) is 18.0. The molecule has 4 rings (SSSR count). The maximum absolute atomic E-state index is 6.14. The smallest absolute Gasteiger partial charge is 0.227 e. The molecule has 0 saturated carbocycles. The van der Waals surface area contributed by atoms with Crippen LogP contribution < -0.4 is 10.6 Å². The number of aromatic nitrogens is 4. The fourth-order valence-electron chi connectivity index (χ4n) is 3.17. The van der Waals surface area contributed by atoms with Crippen LogP contribution in [0.4, 0.5) is 17.5 Å². The number of rotatable bonds is 6. The van der Waals surface area contributed by atoms with E-state index in [0.717, 1.165) is 22.4 Å². The second-order valence-corrected chi connectivity index (χ2v) is 7.66. The van der Waals surface area contributed by atoms with Crippen molar-refractivity contribution in [3.8, 4) is 0 Å². The van der Waals surface area contributed by atoms with Crippen molar-refractivity contribution in [3.63, 3.8) is 0 Å². The average Bonchev–Trinajstić information content (AvgIpc) is 3.13. The van der Waals surface area contributed by atoms with Crippen LogP contribution in [0.3, 0.4) is 0 Å². The Kier molecular flexibility index (Phi) is 5.36. The first-order valence-electron chi connectivity index (χ1n) is 9.60. The quantitative estimate of drug-likeness (QED) is 0.412. The highest BCUT2D eigenvalue weighted by Gasteiger charge is 2.16. The molecule has 0 saturated heterocycles. The highest BCUT2D eigenvalue weighted by atomic mass is 35.5. The molecule has 2 N–H and O–H groups in total. The molecule has 0 spiro atoms. The van der Waals surface area contributed by atoms with Crippen molar-refractivity contribution in [2.24, 2.45) is 0 Å². The Labute approximate surface area is 175 Å². The van der Waals surface area contributed by atoms with E-state index in [0.29, 0.717) is 16.8 Å². The van der Waals surface area contributed by atoms with E-state index in [9.17, 15) is 0 Å². The van der Waals surface area contributed by atoms with Gasteiger partial charge in [0.15, 0.2) is 17.0 Å². The van der Waals surface area contributed by atoms with Gasteiger partial charge in [-0.2, -0.15) is 9.97 Å². The number of anilines is 3. The molecule has 7 heteroatoms. The van der Waals surface area contributed by atoms with Gasteiger partial charge in [0.1, 0.15) is 0 Å². The van der Waals surface area contributed by atoms with E-state index in [1.54, 1.807) is 6.33 Å². The third kappa shape index (κ3) is 4.17. The summed E-state index contributed by atoms with van der Waals surface area (Å²) >= 11 is 6.14. The summed E-state index contributed by atoms with van der Waals surface area (Å²) in [6.45, 7) is 6.30. The van der Waals surface area contributed by atoms with Gasteiger partial charge in [-0.15, -0.1) is 0 Å².